The van der Waals surface area contributed by atoms with Crippen molar-refractivity contribution in [3.8, 4) is 5.75 Å². The van der Waals surface area contributed by atoms with Crippen LogP contribution in [0.3, 0.4) is 0 Å². The second-order valence-electron chi connectivity index (χ2n) is 3.03. The SMILES string of the molecule is CCC(=O)c1ccc(OC)c(C)c1Cl. The fourth-order valence-electron chi connectivity index (χ4n) is 1.29. The highest BCUT2D eigenvalue weighted by Gasteiger charge is 2.12. The molecule has 3 heteroatoms. The number of methoxy groups -OCH3 is 1. The Hall–Kier alpha value is -1.02. The van der Waals surface area contributed by atoms with Gasteiger partial charge < -0.3 is 4.74 Å². The smallest absolute Gasteiger partial charge is 0.164 e. The standard InChI is InChI=1S/C11H13ClO2/c1-4-9(13)8-5-6-10(14-3)7(2)11(8)12/h5-6H,4H2,1-3H3. The van der Waals surface area contributed by atoms with Gasteiger partial charge in [-0.05, 0) is 19.1 Å². The maximum atomic E-state index is 11.5. The molecule has 14 heavy (non-hydrogen) atoms. The van der Waals surface area contributed by atoms with Gasteiger partial charge in [0.15, 0.2) is 5.78 Å². The molecule has 0 aliphatic carbocycles. The van der Waals surface area contributed by atoms with Crippen LogP contribution in [0, 0.1) is 6.92 Å². The lowest BCUT2D eigenvalue weighted by Gasteiger charge is -2.09. The van der Waals surface area contributed by atoms with Gasteiger partial charge >= 0.3 is 0 Å². The number of halogens is 1. The Bertz CT molecular complexity index is 359. The summed E-state index contributed by atoms with van der Waals surface area (Å²) >= 11 is 6.05. The zero-order valence-electron chi connectivity index (χ0n) is 8.56. The van der Waals surface area contributed by atoms with Gasteiger partial charge in [-0.3, -0.25) is 4.79 Å². The third kappa shape index (κ3) is 1.90. The van der Waals surface area contributed by atoms with Gasteiger partial charge in [-0.1, -0.05) is 18.5 Å². The number of hydrogen-bond donors (Lipinski definition) is 0. The Labute approximate surface area is 88.8 Å². The van der Waals surface area contributed by atoms with E-state index in [9.17, 15) is 4.79 Å². The summed E-state index contributed by atoms with van der Waals surface area (Å²) in [6.45, 7) is 3.66. The molecule has 0 saturated heterocycles. The summed E-state index contributed by atoms with van der Waals surface area (Å²) in [6.07, 6.45) is 0.464. The minimum atomic E-state index is 0.0563. The number of Topliss-reactive ketones (excluding diaryl/α,β-unsaturated/α-hetero) is 1. The van der Waals surface area contributed by atoms with Gasteiger partial charge in [0.1, 0.15) is 5.75 Å². The molecular formula is C11H13ClO2. The number of carbonyl (C=O) groups excluding carboxylic acids is 1. The Morgan fingerprint density at radius 2 is 2.14 bits per heavy atom. The van der Waals surface area contributed by atoms with Crippen molar-refractivity contribution in [2.75, 3.05) is 7.11 Å². The number of ketones is 1. The van der Waals surface area contributed by atoms with E-state index in [0.29, 0.717) is 22.8 Å². The first kappa shape index (κ1) is 11.1. The van der Waals surface area contributed by atoms with E-state index >= 15 is 0 Å². The first-order chi connectivity index (χ1) is 6.61. The lowest BCUT2D eigenvalue weighted by molar-refractivity contribution is 0.0988. The highest BCUT2D eigenvalue weighted by atomic mass is 35.5. The van der Waals surface area contributed by atoms with Crippen molar-refractivity contribution in [1.29, 1.82) is 0 Å². The predicted octanol–water partition coefficient (Wildman–Crippen LogP) is 3.25. The maximum Gasteiger partial charge on any atom is 0.164 e. The van der Waals surface area contributed by atoms with Crippen molar-refractivity contribution in [2.24, 2.45) is 0 Å². The monoisotopic (exact) mass is 212 g/mol. The van der Waals surface area contributed by atoms with Crippen LogP contribution in [-0.4, -0.2) is 12.9 Å². The molecule has 0 amide bonds. The Morgan fingerprint density at radius 3 is 2.64 bits per heavy atom. The molecule has 0 N–H and O–H groups in total. The van der Waals surface area contributed by atoms with Crippen molar-refractivity contribution in [3.05, 3.63) is 28.3 Å². The number of rotatable bonds is 3. The van der Waals surface area contributed by atoms with Gasteiger partial charge in [0.25, 0.3) is 0 Å². The number of carbonyl (C=O) groups is 1. The van der Waals surface area contributed by atoms with Crippen molar-refractivity contribution in [1.82, 2.24) is 0 Å². The highest BCUT2D eigenvalue weighted by Crippen LogP contribution is 2.29. The molecule has 0 spiro atoms. The largest absolute Gasteiger partial charge is 0.496 e. The molecule has 0 aromatic heterocycles. The summed E-state index contributed by atoms with van der Waals surface area (Å²) in [5, 5.41) is 0.496. The second kappa shape index (κ2) is 4.47. The van der Waals surface area contributed by atoms with E-state index in [1.165, 1.54) is 0 Å². The molecule has 0 bridgehead atoms. The Balaban J connectivity index is 3.24. The molecular weight excluding hydrogens is 200 g/mol. The van der Waals surface area contributed by atoms with Crippen LogP contribution in [0.5, 0.6) is 5.75 Å². The van der Waals surface area contributed by atoms with Gasteiger partial charge in [0.05, 0.1) is 12.1 Å². The van der Waals surface area contributed by atoms with E-state index in [1.54, 1.807) is 19.2 Å². The molecule has 2 nitrogen and oxygen atoms in total. The molecule has 1 aromatic rings. The van der Waals surface area contributed by atoms with Crippen LogP contribution >= 0.6 is 11.6 Å². The fourth-order valence-corrected chi connectivity index (χ4v) is 1.56. The minimum absolute atomic E-state index is 0.0563. The van der Waals surface area contributed by atoms with Gasteiger partial charge in [0, 0.05) is 17.5 Å². The van der Waals surface area contributed by atoms with Crippen molar-refractivity contribution in [2.45, 2.75) is 20.3 Å². The predicted molar refractivity (Wildman–Crippen MR) is 57.4 cm³/mol. The second-order valence-corrected chi connectivity index (χ2v) is 3.41. The maximum absolute atomic E-state index is 11.5. The number of ether oxygens (including phenoxy) is 1. The molecule has 0 atom stereocenters. The molecule has 0 unspecified atom stereocenters. The first-order valence-corrected chi connectivity index (χ1v) is 4.85. The Morgan fingerprint density at radius 1 is 1.50 bits per heavy atom. The molecule has 76 valence electrons. The first-order valence-electron chi connectivity index (χ1n) is 4.48. The molecule has 0 fully saturated rings. The summed E-state index contributed by atoms with van der Waals surface area (Å²) in [6, 6.07) is 3.48. The lowest BCUT2D eigenvalue weighted by Crippen LogP contribution is -2.00. The van der Waals surface area contributed by atoms with Crippen LogP contribution < -0.4 is 4.74 Å². The molecule has 0 aliphatic rings. The number of hydrogen-bond acceptors (Lipinski definition) is 2. The summed E-state index contributed by atoms with van der Waals surface area (Å²) in [4.78, 5) is 11.5. The topological polar surface area (TPSA) is 26.3 Å². The molecule has 0 radical (unpaired) electrons. The van der Waals surface area contributed by atoms with Crippen LogP contribution in [0.1, 0.15) is 29.3 Å². The minimum Gasteiger partial charge on any atom is -0.496 e. The van der Waals surface area contributed by atoms with Crippen molar-refractivity contribution in [3.63, 3.8) is 0 Å². The summed E-state index contributed by atoms with van der Waals surface area (Å²) in [5.41, 5.74) is 1.39. The van der Waals surface area contributed by atoms with Crippen molar-refractivity contribution >= 4 is 17.4 Å². The van der Waals surface area contributed by atoms with E-state index in [4.69, 9.17) is 16.3 Å². The quantitative estimate of drug-likeness (QED) is 0.719. The molecule has 1 rings (SSSR count). The average molecular weight is 213 g/mol. The molecule has 1 aromatic carbocycles. The van der Waals surface area contributed by atoms with Crippen molar-refractivity contribution < 1.29 is 9.53 Å². The molecule has 0 saturated carbocycles. The van der Waals surface area contributed by atoms with Gasteiger partial charge in [0.2, 0.25) is 0 Å². The van der Waals surface area contributed by atoms with Crippen LogP contribution in [0.2, 0.25) is 5.02 Å². The zero-order valence-corrected chi connectivity index (χ0v) is 9.31. The van der Waals surface area contributed by atoms with E-state index in [0.717, 1.165) is 5.56 Å². The average Bonchev–Trinajstić information content (AvgIpc) is 2.21. The summed E-state index contributed by atoms with van der Waals surface area (Å²) in [7, 11) is 1.58. The molecule has 0 heterocycles. The van der Waals surface area contributed by atoms with E-state index in [-0.39, 0.29) is 5.78 Å². The molecule has 0 aliphatic heterocycles. The highest BCUT2D eigenvalue weighted by molar-refractivity contribution is 6.34. The van der Waals surface area contributed by atoms with Crippen LogP contribution in [-0.2, 0) is 0 Å². The number of benzene rings is 1. The fraction of sp³-hybridized carbons (Fsp3) is 0.364. The third-order valence-electron chi connectivity index (χ3n) is 2.18. The summed E-state index contributed by atoms with van der Waals surface area (Å²) in [5.74, 6) is 0.767. The van der Waals surface area contributed by atoms with E-state index in [2.05, 4.69) is 0 Å². The Kier molecular flexibility index (Phi) is 3.53. The normalized spacial score (nSPS) is 10.0. The van der Waals surface area contributed by atoms with E-state index in [1.807, 2.05) is 13.8 Å². The van der Waals surface area contributed by atoms with Gasteiger partial charge in [-0.2, -0.15) is 0 Å². The lowest BCUT2D eigenvalue weighted by atomic mass is 10.1. The van der Waals surface area contributed by atoms with Crippen LogP contribution in [0.15, 0.2) is 12.1 Å². The van der Waals surface area contributed by atoms with E-state index < -0.39 is 0 Å². The van der Waals surface area contributed by atoms with Crippen LogP contribution in [0.4, 0.5) is 0 Å². The van der Waals surface area contributed by atoms with Gasteiger partial charge in [-0.25, -0.2) is 0 Å². The summed E-state index contributed by atoms with van der Waals surface area (Å²) < 4.78 is 5.10. The van der Waals surface area contributed by atoms with Crippen LogP contribution in [0.25, 0.3) is 0 Å². The zero-order chi connectivity index (χ0) is 10.7. The third-order valence-corrected chi connectivity index (χ3v) is 2.67. The van der Waals surface area contributed by atoms with Gasteiger partial charge in [-0.15, -0.1) is 0 Å².